The Balaban J connectivity index is 3.31. The molecule has 9 heavy (non-hydrogen) atoms. The van der Waals surface area contributed by atoms with Crippen molar-refractivity contribution in [1.29, 1.82) is 0 Å². The maximum Gasteiger partial charge on any atom is 0.209 e. The van der Waals surface area contributed by atoms with Crippen molar-refractivity contribution in [2.75, 3.05) is 0 Å². The molecule has 0 radical (unpaired) electrons. The topological polar surface area (TPSA) is 0 Å². The standard InChI is InChI=1S/C7H17BS/c1-5-8(6-2)9-7(3)4/h7H,5-6H2,1-4H3. The van der Waals surface area contributed by atoms with Crippen LogP contribution in [0.5, 0.6) is 0 Å². The van der Waals surface area contributed by atoms with E-state index in [1.165, 1.54) is 12.6 Å². The highest BCUT2D eigenvalue weighted by Crippen LogP contribution is 2.19. The van der Waals surface area contributed by atoms with E-state index >= 15 is 0 Å². The lowest BCUT2D eigenvalue weighted by atomic mass is 9.70. The van der Waals surface area contributed by atoms with Gasteiger partial charge in [-0.25, -0.2) is 11.6 Å². The van der Waals surface area contributed by atoms with Crippen LogP contribution in [-0.2, 0) is 0 Å². The van der Waals surface area contributed by atoms with Gasteiger partial charge in [-0.1, -0.05) is 40.3 Å². The van der Waals surface area contributed by atoms with Crippen LogP contribution in [0.1, 0.15) is 27.7 Å². The van der Waals surface area contributed by atoms with E-state index in [0.29, 0.717) is 0 Å². The van der Waals surface area contributed by atoms with Gasteiger partial charge in [0.05, 0.1) is 0 Å². The van der Waals surface area contributed by atoms with Gasteiger partial charge in [-0.05, 0) is 5.25 Å². The van der Waals surface area contributed by atoms with Gasteiger partial charge in [0.15, 0.2) is 0 Å². The summed E-state index contributed by atoms with van der Waals surface area (Å²) in [7, 11) is 0. The van der Waals surface area contributed by atoms with Crippen molar-refractivity contribution in [2.24, 2.45) is 0 Å². The first-order valence-electron chi connectivity index (χ1n) is 3.86. The maximum atomic E-state index is 2.27. The molecule has 2 heteroatoms. The lowest BCUT2D eigenvalue weighted by molar-refractivity contribution is 1.12. The minimum Gasteiger partial charge on any atom is -0.207 e. The van der Waals surface area contributed by atoms with E-state index in [1.807, 2.05) is 0 Å². The number of rotatable bonds is 4. The lowest BCUT2D eigenvalue weighted by Gasteiger charge is -2.10. The van der Waals surface area contributed by atoms with E-state index < -0.39 is 0 Å². The minimum absolute atomic E-state index is 0.801. The molecule has 0 aliphatic heterocycles. The number of hydrogen-bond donors (Lipinski definition) is 0. The van der Waals surface area contributed by atoms with Gasteiger partial charge >= 0.3 is 0 Å². The van der Waals surface area contributed by atoms with Crippen LogP contribution in [0.4, 0.5) is 0 Å². The molecule has 0 spiro atoms. The van der Waals surface area contributed by atoms with E-state index in [2.05, 4.69) is 39.3 Å². The number of hydrogen-bond acceptors (Lipinski definition) is 1. The summed E-state index contributed by atoms with van der Waals surface area (Å²) in [5, 5.41) is 0.801. The van der Waals surface area contributed by atoms with Crippen LogP contribution in [0.15, 0.2) is 0 Å². The largest absolute Gasteiger partial charge is 0.209 e. The van der Waals surface area contributed by atoms with Crippen molar-refractivity contribution in [3.8, 4) is 0 Å². The molecule has 0 fully saturated rings. The first-order valence-corrected chi connectivity index (χ1v) is 4.80. The van der Waals surface area contributed by atoms with Crippen LogP contribution in [0.25, 0.3) is 0 Å². The van der Waals surface area contributed by atoms with Gasteiger partial charge in [-0.2, -0.15) is 0 Å². The van der Waals surface area contributed by atoms with Crippen LogP contribution < -0.4 is 0 Å². The summed E-state index contributed by atoms with van der Waals surface area (Å²) in [5.41, 5.74) is 0. The third-order valence-electron chi connectivity index (χ3n) is 1.38. The Kier molecular flexibility index (Phi) is 5.46. The molecule has 0 heterocycles. The molecule has 0 amide bonds. The van der Waals surface area contributed by atoms with Gasteiger partial charge < -0.3 is 0 Å². The van der Waals surface area contributed by atoms with Crippen molar-refractivity contribution in [1.82, 2.24) is 0 Å². The van der Waals surface area contributed by atoms with Crippen molar-refractivity contribution >= 4 is 17.6 Å². The zero-order valence-corrected chi connectivity index (χ0v) is 7.79. The second kappa shape index (κ2) is 5.22. The average molecular weight is 144 g/mol. The van der Waals surface area contributed by atoms with E-state index in [-0.39, 0.29) is 0 Å². The normalized spacial score (nSPS) is 10.3. The van der Waals surface area contributed by atoms with Crippen LogP contribution in [0.3, 0.4) is 0 Å². The van der Waals surface area contributed by atoms with Crippen molar-refractivity contribution < 1.29 is 0 Å². The highest BCUT2D eigenvalue weighted by atomic mass is 32.2. The van der Waals surface area contributed by atoms with E-state index in [1.54, 1.807) is 0 Å². The fourth-order valence-corrected chi connectivity index (χ4v) is 2.02. The molecule has 0 N–H and O–H groups in total. The molecule has 54 valence electrons. The lowest BCUT2D eigenvalue weighted by Crippen LogP contribution is -2.07. The molecule has 0 atom stereocenters. The summed E-state index contributed by atoms with van der Waals surface area (Å²) in [5.74, 6) is 0.894. The summed E-state index contributed by atoms with van der Waals surface area (Å²) >= 11 is 2.10. The van der Waals surface area contributed by atoms with Gasteiger partial charge in [-0.3, -0.25) is 0 Å². The third-order valence-corrected chi connectivity index (χ3v) is 2.97. The molecule has 0 bridgehead atoms. The smallest absolute Gasteiger partial charge is 0.207 e. The first kappa shape index (κ1) is 9.41. The van der Waals surface area contributed by atoms with Gasteiger partial charge in [-0.15, -0.1) is 0 Å². The highest BCUT2D eigenvalue weighted by Gasteiger charge is 2.09. The molecule has 0 aromatic carbocycles. The zero-order valence-electron chi connectivity index (χ0n) is 6.98. The molecule has 0 aliphatic rings. The fourth-order valence-electron chi connectivity index (χ4n) is 0.866. The summed E-state index contributed by atoms with van der Waals surface area (Å²) in [6, 6.07) is 0. The summed E-state index contributed by atoms with van der Waals surface area (Å²) in [4.78, 5) is 0. The van der Waals surface area contributed by atoms with E-state index in [0.717, 1.165) is 11.2 Å². The van der Waals surface area contributed by atoms with Crippen LogP contribution >= 0.6 is 11.6 Å². The predicted molar refractivity (Wildman–Crippen MR) is 49.4 cm³/mol. The Morgan fingerprint density at radius 3 is 1.78 bits per heavy atom. The Bertz CT molecular complexity index is 59.9. The van der Waals surface area contributed by atoms with Gasteiger partial charge in [0.1, 0.15) is 0 Å². The molecule has 0 saturated carbocycles. The van der Waals surface area contributed by atoms with E-state index in [9.17, 15) is 0 Å². The molecule has 0 aromatic rings. The fraction of sp³-hybridized carbons (Fsp3) is 1.00. The second-order valence-corrected chi connectivity index (χ2v) is 4.50. The third kappa shape index (κ3) is 4.89. The predicted octanol–water partition coefficient (Wildman–Crippen LogP) is 3.16. The molecule has 0 aliphatic carbocycles. The quantitative estimate of drug-likeness (QED) is 0.546. The van der Waals surface area contributed by atoms with Crippen molar-refractivity contribution in [3.63, 3.8) is 0 Å². The van der Waals surface area contributed by atoms with Gasteiger partial charge in [0.25, 0.3) is 0 Å². The Hall–Kier alpha value is 0.415. The summed E-state index contributed by atoms with van der Waals surface area (Å²) in [6.45, 7) is 9.07. The summed E-state index contributed by atoms with van der Waals surface area (Å²) < 4.78 is 0. The van der Waals surface area contributed by atoms with Gasteiger partial charge in [0, 0.05) is 0 Å². The van der Waals surface area contributed by atoms with Crippen molar-refractivity contribution in [3.05, 3.63) is 0 Å². The van der Waals surface area contributed by atoms with E-state index in [4.69, 9.17) is 0 Å². The first-order chi connectivity index (χ1) is 4.20. The van der Waals surface area contributed by atoms with Crippen LogP contribution in [0, 0.1) is 0 Å². The molecule has 0 nitrogen and oxygen atoms in total. The minimum atomic E-state index is 0.801. The van der Waals surface area contributed by atoms with Crippen LogP contribution in [-0.4, -0.2) is 11.2 Å². The molecule has 0 saturated heterocycles. The Morgan fingerprint density at radius 2 is 1.67 bits per heavy atom. The molecular weight excluding hydrogens is 127 g/mol. The molecular formula is C7H17BS. The van der Waals surface area contributed by atoms with Crippen LogP contribution in [0.2, 0.25) is 12.6 Å². The summed E-state index contributed by atoms with van der Waals surface area (Å²) in [6.07, 6.45) is 2.64. The van der Waals surface area contributed by atoms with Crippen molar-refractivity contribution in [2.45, 2.75) is 45.6 Å². The maximum absolute atomic E-state index is 2.27. The average Bonchev–Trinajstić information content (AvgIpc) is 1.82. The highest BCUT2D eigenvalue weighted by molar-refractivity contribution is 8.25. The zero-order chi connectivity index (χ0) is 7.28. The molecule has 0 unspecified atom stereocenters. The van der Waals surface area contributed by atoms with Gasteiger partial charge in [0.2, 0.25) is 5.99 Å². The molecule has 0 rings (SSSR count). The molecule has 0 aromatic heterocycles. The monoisotopic (exact) mass is 144 g/mol. The Labute approximate surface area is 63.8 Å². The SMILES string of the molecule is CCB(CC)SC(C)C. The Morgan fingerprint density at radius 1 is 1.22 bits per heavy atom. The second-order valence-electron chi connectivity index (χ2n) is 2.62.